The second-order valence-electron chi connectivity index (χ2n) is 7.31. The molecule has 1 heterocycles. The monoisotopic (exact) mass is 382 g/mol. The van der Waals surface area contributed by atoms with Gasteiger partial charge in [0.25, 0.3) is 0 Å². The van der Waals surface area contributed by atoms with Crippen LogP contribution in [-0.4, -0.2) is 21.8 Å². The summed E-state index contributed by atoms with van der Waals surface area (Å²) in [5.41, 5.74) is 4.10. The van der Waals surface area contributed by atoms with Gasteiger partial charge in [-0.3, -0.25) is 9.48 Å². The highest BCUT2D eigenvalue weighted by Gasteiger charge is 2.15. The van der Waals surface area contributed by atoms with Gasteiger partial charge in [0.1, 0.15) is 5.75 Å². The number of hydrogen-bond acceptors (Lipinski definition) is 4. The first-order valence-corrected chi connectivity index (χ1v) is 9.77. The number of rotatable bonds is 9. The first-order chi connectivity index (χ1) is 13.3. The molecule has 1 aromatic heterocycles. The van der Waals surface area contributed by atoms with Crippen molar-refractivity contribution in [3.63, 3.8) is 0 Å². The molecule has 0 bridgehead atoms. The maximum absolute atomic E-state index is 12.4. The molecule has 0 aliphatic rings. The smallest absolute Gasteiger partial charge is 0.220 e. The number of carbonyl (C=O) groups excluding carboxylic acids is 1. The minimum absolute atomic E-state index is 0.0126. The molecule has 1 aromatic carbocycles. The lowest BCUT2D eigenvalue weighted by molar-refractivity contribution is -0.121. The lowest BCUT2D eigenvalue weighted by atomic mass is 10.1. The van der Waals surface area contributed by atoms with Crippen molar-refractivity contribution in [2.24, 2.45) is 0 Å². The quantitative estimate of drug-likeness (QED) is 0.710. The Kier molecular flexibility index (Phi) is 7.62. The van der Waals surface area contributed by atoms with Crippen molar-refractivity contribution in [2.75, 3.05) is 0 Å². The van der Waals surface area contributed by atoms with E-state index in [1.54, 1.807) is 0 Å². The molecule has 2 rings (SSSR count). The van der Waals surface area contributed by atoms with E-state index in [1.165, 1.54) is 0 Å². The van der Waals surface area contributed by atoms with Crippen LogP contribution in [0.4, 0.5) is 0 Å². The molecule has 1 unspecified atom stereocenters. The summed E-state index contributed by atoms with van der Waals surface area (Å²) < 4.78 is 7.51. The number of amides is 1. The summed E-state index contributed by atoms with van der Waals surface area (Å²) in [6, 6.07) is 9.90. The lowest BCUT2D eigenvalue weighted by Gasteiger charge is -2.16. The standard InChI is InChI=1S/C22H30N4O2/c1-15(2)28-20-9-7-19(8-10-20)16(3)24-22(27)12-11-21-17(4)25-26(18(21)5)14-6-13-23/h7-10,15-16H,6,11-12,14H2,1-5H3,(H,24,27). The Bertz CT molecular complexity index is 831. The van der Waals surface area contributed by atoms with Crippen molar-refractivity contribution in [2.45, 2.75) is 72.6 Å². The molecule has 0 saturated heterocycles. The summed E-state index contributed by atoms with van der Waals surface area (Å²) in [6.45, 7) is 10.5. The summed E-state index contributed by atoms with van der Waals surface area (Å²) in [4.78, 5) is 12.4. The lowest BCUT2D eigenvalue weighted by Crippen LogP contribution is -2.26. The molecular weight excluding hydrogens is 352 g/mol. The Morgan fingerprint density at radius 3 is 2.54 bits per heavy atom. The van der Waals surface area contributed by atoms with Crippen LogP contribution in [0.3, 0.4) is 0 Å². The molecule has 0 spiro atoms. The van der Waals surface area contributed by atoms with Crippen molar-refractivity contribution in [3.05, 3.63) is 46.8 Å². The van der Waals surface area contributed by atoms with E-state index >= 15 is 0 Å². The van der Waals surface area contributed by atoms with Gasteiger partial charge in [-0.05, 0) is 64.3 Å². The van der Waals surface area contributed by atoms with Crippen LogP contribution in [-0.2, 0) is 17.8 Å². The highest BCUT2D eigenvalue weighted by Crippen LogP contribution is 2.19. The summed E-state index contributed by atoms with van der Waals surface area (Å²) in [7, 11) is 0. The van der Waals surface area contributed by atoms with Crippen LogP contribution >= 0.6 is 0 Å². The maximum atomic E-state index is 12.4. The van der Waals surface area contributed by atoms with E-state index in [1.807, 2.05) is 63.6 Å². The molecule has 6 nitrogen and oxygen atoms in total. The van der Waals surface area contributed by atoms with Gasteiger partial charge >= 0.3 is 0 Å². The SMILES string of the molecule is Cc1nn(CCC#N)c(C)c1CCC(=O)NC(C)c1ccc(OC(C)C)cc1. The molecule has 150 valence electrons. The number of nitrogens with zero attached hydrogens (tertiary/aromatic N) is 3. The zero-order chi connectivity index (χ0) is 20.7. The first kappa shape index (κ1) is 21.5. The van der Waals surface area contributed by atoms with Crippen LogP contribution < -0.4 is 10.1 Å². The summed E-state index contributed by atoms with van der Waals surface area (Å²) in [5.74, 6) is 0.843. The first-order valence-electron chi connectivity index (χ1n) is 9.77. The number of hydrogen-bond donors (Lipinski definition) is 1. The summed E-state index contributed by atoms with van der Waals surface area (Å²) in [6.07, 6.45) is 1.62. The third-order valence-electron chi connectivity index (χ3n) is 4.70. The van der Waals surface area contributed by atoms with Gasteiger partial charge in [0.05, 0.1) is 36.9 Å². The number of aromatic nitrogens is 2. The number of aryl methyl sites for hydroxylation is 2. The van der Waals surface area contributed by atoms with Crippen LogP contribution in [0.1, 0.15) is 62.2 Å². The normalized spacial score (nSPS) is 11.9. The van der Waals surface area contributed by atoms with E-state index in [2.05, 4.69) is 16.5 Å². The minimum Gasteiger partial charge on any atom is -0.491 e. The largest absolute Gasteiger partial charge is 0.491 e. The number of nitriles is 1. The van der Waals surface area contributed by atoms with Gasteiger partial charge in [0, 0.05) is 12.1 Å². The van der Waals surface area contributed by atoms with Gasteiger partial charge < -0.3 is 10.1 Å². The van der Waals surface area contributed by atoms with Crippen molar-refractivity contribution >= 4 is 5.91 Å². The zero-order valence-electron chi connectivity index (χ0n) is 17.5. The van der Waals surface area contributed by atoms with Gasteiger partial charge in [-0.15, -0.1) is 0 Å². The second kappa shape index (κ2) is 9.93. The van der Waals surface area contributed by atoms with E-state index < -0.39 is 0 Å². The fourth-order valence-corrected chi connectivity index (χ4v) is 3.21. The Morgan fingerprint density at radius 2 is 1.93 bits per heavy atom. The van der Waals surface area contributed by atoms with Crippen molar-refractivity contribution in [3.8, 4) is 11.8 Å². The molecule has 0 aliphatic heterocycles. The topological polar surface area (TPSA) is 79.9 Å². The Labute approximate surface area is 167 Å². The third-order valence-corrected chi connectivity index (χ3v) is 4.70. The average Bonchev–Trinajstić information content (AvgIpc) is 2.91. The molecule has 0 radical (unpaired) electrons. The molecule has 0 fully saturated rings. The zero-order valence-corrected chi connectivity index (χ0v) is 17.5. The highest BCUT2D eigenvalue weighted by atomic mass is 16.5. The van der Waals surface area contributed by atoms with Crippen LogP contribution in [0.2, 0.25) is 0 Å². The highest BCUT2D eigenvalue weighted by molar-refractivity contribution is 5.76. The van der Waals surface area contributed by atoms with Crippen LogP contribution in [0, 0.1) is 25.2 Å². The predicted molar refractivity (Wildman–Crippen MR) is 109 cm³/mol. The molecule has 0 aliphatic carbocycles. The van der Waals surface area contributed by atoms with Crippen LogP contribution in [0.25, 0.3) is 0 Å². The summed E-state index contributed by atoms with van der Waals surface area (Å²) in [5, 5.41) is 16.3. The Morgan fingerprint density at radius 1 is 1.25 bits per heavy atom. The van der Waals surface area contributed by atoms with Gasteiger partial charge in [-0.2, -0.15) is 10.4 Å². The van der Waals surface area contributed by atoms with Crippen molar-refractivity contribution in [1.82, 2.24) is 15.1 Å². The average molecular weight is 383 g/mol. The summed E-state index contributed by atoms with van der Waals surface area (Å²) >= 11 is 0. The maximum Gasteiger partial charge on any atom is 0.220 e. The number of ether oxygens (including phenoxy) is 1. The fraction of sp³-hybridized carbons (Fsp3) is 0.500. The third kappa shape index (κ3) is 5.85. The van der Waals surface area contributed by atoms with Crippen molar-refractivity contribution in [1.29, 1.82) is 5.26 Å². The molecule has 6 heteroatoms. The molecule has 1 amide bonds. The Hall–Kier alpha value is -2.81. The van der Waals surface area contributed by atoms with Gasteiger partial charge in [-0.1, -0.05) is 12.1 Å². The van der Waals surface area contributed by atoms with Crippen LogP contribution in [0.15, 0.2) is 24.3 Å². The van der Waals surface area contributed by atoms with Crippen LogP contribution in [0.5, 0.6) is 5.75 Å². The number of nitrogens with one attached hydrogen (secondary N) is 1. The molecule has 0 saturated carbocycles. The van der Waals surface area contributed by atoms with Crippen molar-refractivity contribution < 1.29 is 9.53 Å². The molecule has 2 aromatic rings. The van der Waals surface area contributed by atoms with E-state index in [0.29, 0.717) is 25.8 Å². The number of benzene rings is 1. The van der Waals surface area contributed by atoms with Gasteiger partial charge in [-0.25, -0.2) is 0 Å². The predicted octanol–water partition coefficient (Wildman–Crippen LogP) is 4.01. The fourth-order valence-electron chi connectivity index (χ4n) is 3.21. The van der Waals surface area contributed by atoms with Gasteiger partial charge in [0.2, 0.25) is 5.91 Å². The van der Waals surface area contributed by atoms with E-state index in [0.717, 1.165) is 28.3 Å². The van der Waals surface area contributed by atoms with E-state index in [-0.39, 0.29) is 18.1 Å². The molecular formula is C22H30N4O2. The molecule has 1 atom stereocenters. The van der Waals surface area contributed by atoms with E-state index in [9.17, 15) is 4.79 Å². The number of carbonyl (C=O) groups is 1. The Balaban J connectivity index is 1.90. The molecule has 28 heavy (non-hydrogen) atoms. The van der Waals surface area contributed by atoms with Gasteiger partial charge in [0.15, 0.2) is 0 Å². The minimum atomic E-state index is -0.0684. The second-order valence-corrected chi connectivity index (χ2v) is 7.31. The van der Waals surface area contributed by atoms with E-state index in [4.69, 9.17) is 10.00 Å². The molecule has 1 N–H and O–H groups in total.